The van der Waals surface area contributed by atoms with Crippen molar-refractivity contribution in [2.24, 2.45) is 11.8 Å². The first-order valence-electron chi connectivity index (χ1n) is 6.88. The van der Waals surface area contributed by atoms with E-state index in [4.69, 9.17) is 9.47 Å². The van der Waals surface area contributed by atoms with Crippen molar-refractivity contribution in [1.82, 2.24) is 4.72 Å². The normalized spacial score (nSPS) is 39.8. The van der Waals surface area contributed by atoms with Crippen LogP contribution in [0.2, 0.25) is 0 Å². The molecule has 3 rings (SSSR count). The van der Waals surface area contributed by atoms with E-state index in [1.807, 2.05) is 0 Å². The number of carbonyl (C=O) groups excluding carboxylic acids is 2. The molecule has 0 aromatic heterocycles. The molecule has 3 fully saturated rings. The average molecular weight is 315 g/mol. The average Bonchev–Trinajstić information content (AvgIpc) is 3.02. The fourth-order valence-corrected chi connectivity index (χ4v) is 5.82. The van der Waals surface area contributed by atoms with Gasteiger partial charge in [0.1, 0.15) is 6.10 Å². The maximum Gasteiger partial charge on any atom is 0.347 e. The van der Waals surface area contributed by atoms with Gasteiger partial charge in [-0.25, -0.2) is 22.7 Å². The van der Waals surface area contributed by atoms with Crippen LogP contribution in [0.25, 0.3) is 0 Å². The fourth-order valence-electron chi connectivity index (χ4n) is 3.71. The van der Waals surface area contributed by atoms with Crippen molar-refractivity contribution in [3.63, 3.8) is 0 Å². The number of rotatable bonds is 4. The summed E-state index contributed by atoms with van der Waals surface area (Å²) >= 11 is 0. The summed E-state index contributed by atoms with van der Waals surface area (Å²) in [6.07, 6.45) is 0.733. The van der Waals surface area contributed by atoms with Crippen LogP contribution in [0, 0.1) is 11.8 Å². The molecule has 0 spiro atoms. The van der Waals surface area contributed by atoms with Gasteiger partial charge in [0.05, 0.1) is 11.3 Å². The highest BCUT2D eigenvalue weighted by Crippen LogP contribution is 2.52. The van der Waals surface area contributed by atoms with Gasteiger partial charge in [0.25, 0.3) is 0 Å². The van der Waals surface area contributed by atoms with E-state index >= 15 is 0 Å². The van der Waals surface area contributed by atoms with Crippen LogP contribution in [-0.4, -0.2) is 43.9 Å². The monoisotopic (exact) mass is 315 g/mol. The SMILES string of the molecule is C=CC(=O)OC(C)C(=O)OC1C2CC3C1NS(=O)(=O)C3C2. The molecular weight excluding hydrogens is 298 g/mol. The molecular formula is C13H17NO6S. The Hall–Kier alpha value is -1.41. The molecule has 2 aliphatic carbocycles. The summed E-state index contributed by atoms with van der Waals surface area (Å²) in [6.45, 7) is 4.67. The zero-order chi connectivity index (χ0) is 15.4. The molecule has 8 heteroatoms. The minimum Gasteiger partial charge on any atom is -0.458 e. The van der Waals surface area contributed by atoms with Crippen molar-refractivity contribution >= 4 is 22.0 Å². The number of ether oxygens (including phenoxy) is 2. The minimum atomic E-state index is -3.28. The molecule has 0 amide bonds. The molecule has 1 aliphatic heterocycles. The lowest BCUT2D eigenvalue weighted by atomic mass is 9.93. The molecule has 0 aromatic carbocycles. The number of esters is 2. The van der Waals surface area contributed by atoms with Crippen LogP contribution in [0.1, 0.15) is 19.8 Å². The van der Waals surface area contributed by atoms with Crippen LogP contribution in [0.5, 0.6) is 0 Å². The molecule has 6 unspecified atom stereocenters. The van der Waals surface area contributed by atoms with Crippen LogP contribution in [0.4, 0.5) is 0 Å². The van der Waals surface area contributed by atoms with Crippen molar-refractivity contribution < 1.29 is 27.5 Å². The zero-order valence-electron chi connectivity index (χ0n) is 11.5. The van der Waals surface area contributed by atoms with Crippen molar-refractivity contribution in [2.45, 2.75) is 43.3 Å². The molecule has 7 nitrogen and oxygen atoms in total. The quantitative estimate of drug-likeness (QED) is 0.566. The highest BCUT2D eigenvalue weighted by Gasteiger charge is 2.63. The third-order valence-corrected chi connectivity index (χ3v) is 6.55. The van der Waals surface area contributed by atoms with E-state index in [9.17, 15) is 18.0 Å². The van der Waals surface area contributed by atoms with Gasteiger partial charge in [-0.2, -0.15) is 0 Å². The Bertz CT molecular complexity index is 600. The lowest BCUT2D eigenvalue weighted by molar-refractivity contribution is -0.170. The Labute approximate surface area is 122 Å². The number of sulfonamides is 1. The van der Waals surface area contributed by atoms with E-state index in [1.165, 1.54) is 6.92 Å². The van der Waals surface area contributed by atoms with Crippen LogP contribution < -0.4 is 4.72 Å². The van der Waals surface area contributed by atoms with Crippen molar-refractivity contribution in [1.29, 1.82) is 0 Å². The first-order chi connectivity index (χ1) is 9.83. The highest BCUT2D eigenvalue weighted by molar-refractivity contribution is 7.90. The van der Waals surface area contributed by atoms with Crippen molar-refractivity contribution in [2.75, 3.05) is 0 Å². The number of carbonyl (C=O) groups is 2. The Balaban J connectivity index is 1.66. The summed E-state index contributed by atoms with van der Waals surface area (Å²) < 4.78 is 36.6. The van der Waals surface area contributed by atoms with Crippen molar-refractivity contribution in [3.8, 4) is 0 Å². The van der Waals surface area contributed by atoms with Gasteiger partial charge in [0.2, 0.25) is 10.0 Å². The fraction of sp³-hybridized carbons (Fsp3) is 0.692. The predicted molar refractivity (Wildman–Crippen MR) is 71.5 cm³/mol. The third kappa shape index (κ3) is 2.26. The number of fused-ring (bicyclic) bond motifs is 1. The summed E-state index contributed by atoms with van der Waals surface area (Å²) in [5, 5.41) is -0.349. The Morgan fingerprint density at radius 1 is 1.38 bits per heavy atom. The minimum absolute atomic E-state index is 0.0174. The Kier molecular flexibility index (Phi) is 3.32. The van der Waals surface area contributed by atoms with Gasteiger partial charge in [0, 0.05) is 6.08 Å². The van der Waals surface area contributed by atoms with Crippen molar-refractivity contribution in [3.05, 3.63) is 12.7 Å². The van der Waals surface area contributed by atoms with E-state index in [2.05, 4.69) is 11.3 Å². The van der Waals surface area contributed by atoms with Gasteiger partial charge in [-0.05, 0) is 31.6 Å². The summed E-state index contributed by atoms with van der Waals surface area (Å²) in [5.41, 5.74) is 0. The molecule has 3 aliphatic rings. The molecule has 2 saturated carbocycles. The van der Waals surface area contributed by atoms with Gasteiger partial charge in [-0.15, -0.1) is 0 Å². The molecule has 1 N–H and O–H groups in total. The molecule has 0 radical (unpaired) electrons. The molecule has 116 valence electrons. The summed E-state index contributed by atoms with van der Waals surface area (Å²) in [6, 6.07) is -0.343. The second kappa shape index (κ2) is 4.81. The second-order valence-corrected chi connectivity index (χ2v) is 7.74. The first kappa shape index (κ1) is 14.5. The molecule has 1 heterocycles. The van der Waals surface area contributed by atoms with Gasteiger partial charge in [0.15, 0.2) is 6.10 Å². The summed E-state index contributed by atoms with van der Waals surface area (Å²) in [4.78, 5) is 23.0. The lowest BCUT2D eigenvalue weighted by Crippen LogP contribution is -2.43. The number of hydrogen-bond donors (Lipinski definition) is 1. The second-order valence-electron chi connectivity index (χ2n) is 5.81. The van der Waals surface area contributed by atoms with Crippen LogP contribution in [-0.2, 0) is 29.1 Å². The Morgan fingerprint density at radius 3 is 2.76 bits per heavy atom. The lowest BCUT2D eigenvalue weighted by Gasteiger charge is -2.27. The van der Waals surface area contributed by atoms with E-state index in [-0.39, 0.29) is 23.1 Å². The standard InChI is InChI=1S/C13H17NO6S/c1-3-10(15)19-6(2)13(16)20-12-7-4-8-9(5-7)21(17,18)14-11(8)12/h3,6-9,11-12,14H,1,4-5H2,2H3. The van der Waals surface area contributed by atoms with Gasteiger partial charge < -0.3 is 9.47 Å². The van der Waals surface area contributed by atoms with E-state index in [0.717, 1.165) is 12.5 Å². The smallest absolute Gasteiger partial charge is 0.347 e. The maximum absolute atomic E-state index is 12.0. The van der Waals surface area contributed by atoms with E-state index < -0.39 is 34.2 Å². The third-order valence-electron chi connectivity index (χ3n) is 4.61. The molecule has 0 aromatic rings. The van der Waals surface area contributed by atoms with Crippen LogP contribution in [0.15, 0.2) is 12.7 Å². The summed E-state index contributed by atoms with van der Waals surface area (Å²) in [5.74, 6) is -1.29. The Morgan fingerprint density at radius 2 is 2.10 bits per heavy atom. The maximum atomic E-state index is 12.0. The molecule has 21 heavy (non-hydrogen) atoms. The number of nitrogens with one attached hydrogen (secondary N) is 1. The van der Waals surface area contributed by atoms with Crippen LogP contribution >= 0.6 is 0 Å². The largest absolute Gasteiger partial charge is 0.458 e. The van der Waals surface area contributed by atoms with Crippen LogP contribution in [0.3, 0.4) is 0 Å². The topological polar surface area (TPSA) is 98.8 Å². The predicted octanol–water partition coefficient (Wildman–Crippen LogP) is -0.274. The van der Waals surface area contributed by atoms with E-state index in [1.54, 1.807) is 0 Å². The van der Waals surface area contributed by atoms with Gasteiger partial charge >= 0.3 is 11.9 Å². The highest BCUT2D eigenvalue weighted by atomic mass is 32.2. The van der Waals surface area contributed by atoms with Gasteiger partial charge in [-0.3, -0.25) is 0 Å². The first-order valence-corrected chi connectivity index (χ1v) is 8.43. The number of hydrogen-bond acceptors (Lipinski definition) is 6. The zero-order valence-corrected chi connectivity index (χ0v) is 12.3. The molecule has 2 bridgehead atoms. The summed E-state index contributed by atoms with van der Waals surface area (Å²) in [7, 11) is -3.28. The molecule has 1 saturated heterocycles. The molecule has 6 atom stereocenters. The van der Waals surface area contributed by atoms with E-state index in [0.29, 0.717) is 6.42 Å². The van der Waals surface area contributed by atoms with Gasteiger partial charge in [-0.1, -0.05) is 6.58 Å².